The normalized spacial score (nSPS) is 23.9. The number of allylic oxidation sites excluding steroid dienone is 1. The third-order valence-electron chi connectivity index (χ3n) is 2.71. The van der Waals surface area contributed by atoms with E-state index in [-0.39, 0.29) is 12.1 Å². The van der Waals surface area contributed by atoms with E-state index in [0.29, 0.717) is 0 Å². The van der Waals surface area contributed by atoms with Crippen molar-refractivity contribution in [3.05, 3.63) is 47.5 Å². The van der Waals surface area contributed by atoms with E-state index in [4.69, 9.17) is 4.74 Å². The van der Waals surface area contributed by atoms with Crippen LogP contribution in [-0.4, -0.2) is 5.97 Å². The van der Waals surface area contributed by atoms with Crippen LogP contribution in [0.25, 0.3) is 0 Å². The quantitative estimate of drug-likeness (QED) is 0.517. The fourth-order valence-corrected chi connectivity index (χ4v) is 1.82. The highest BCUT2D eigenvalue weighted by Crippen LogP contribution is 2.30. The van der Waals surface area contributed by atoms with Gasteiger partial charge in [-0.05, 0) is 25.3 Å². The zero-order valence-electron chi connectivity index (χ0n) is 8.77. The summed E-state index contributed by atoms with van der Waals surface area (Å²) < 4.78 is 5.37. The molecule has 78 valence electrons. The fourth-order valence-electron chi connectivity index (χ4n) is 1.82. The van der Waals surface area contributed by atoms with E-state index in [1.165, 1.54) is 0 Å². The molecule has 0 radical (unpaired) electrons. The van der Waals surface area contributed by atoms with Gasteiger partial charge in [0.1, 0.15) is 6.10 Å². The molecule has 1 unspecified atom stereocenters. The van der Waals surface area contributed by atoms with Crippen LogP contribution in [0.1, 0.15) is 31.4 Å². The van der Waals surface area contributed by atoms with E-state index in [9.17, 15) is 4.79 Å². The van der Waals surface area contributed by atoms with Gasteiger partial charge in [0.15, 0.2) is 0 Å². The predicted octanol–water partition coefficient (Wildman–Crippen LogP) is 3.01. The predicted molar refractivity (Wildman–Crippen MR) is 58.3 cm³/mol. The number of esters is 1. The van der Waals surface area contributed by atoms with Crippen LogP contribution < -0.4 is 0 Å². The first-order chi connectivity index (χ1) is 7.31. The molecule has 1 aromatic carbocycles. The number of hydrogen-bond acceptors (Lipinski definition) is 2. The second-order valence-corrected chi connectivity index (χ2v) is 3.66. The van der Waals surface area contributed by atoms with E-state index < -0.39 is 0 Å². The Morgan fingerprint density at radius 2 is 2.07 bits per heavy atom. The number of cyclic esters (lactones) is 1. The van der Waals surface area contributed by atoms with Crippen LogP contribution in [0.5, 0.6) is 0 Å². The molecule has 0 bridgehead atoms. The monoisotopic (exact) mass is 202 g/mol. The Kier molecular flexibility index (Phi) is 2.86. The Hall–Kier alpha value is -1.57. The molecule has 0 amide bonds. The highest BCUT2D eigenvalue weighted by atomic mass is 16.5. The molecule has 1 aliphatic rings. The van der Waals surface area contributed by atoms with Gasteiger partial charge in [0, 0.05) is 5.57 Å². The first-order valence-corrected chi connectivity index (χ1v) is 5.22. The second-order valence-electron chi connectivity index (χ2n) is 3.66. The van der Waals surface area contributed by atoms with E-state index >= 15 is 0 Å². The van der Waals surface area contributed by atoms with Crippen molar-refractivity contribution in [1.29, 1.82) is 0 Å². The summed E-state index contributed by atoms with van der Waals surface area (Å²) in [5, 5.41) is 0. The van der Waals surface area contributed by atoms with Gasteiger partial charge in [0.25, 0.3) is 0 Å². The van der Waals surface area contributed by atoms with Crippen molar-refractivity contribution in [3.8, 4) is 0 Å². The minimum Gasteiger partial charge on any atom is -0.454 e. The van der Waals surface area contributed by atoms with E-state index in [1.54, 1.807) is 0 Å². The van der Waals surface area contributed by atoms with Gasteiger partial charge < -0.3 is 4.74 Å². The number of rotatable bonds is 1. The van der Waals surface area contributed by atoms with Crippen molar-refractivity contribution in [2.75, 3.05) is 0 Å². The summed E-state index contributed by atoms with van der Waals surface area (Å²) in [4.78, 5) is 11.5. The van der Waals surface area contributed by atoms with Crippen LogP contribution in [0.3, 0.4) is 0 Å². The SMILES string of the molecule is C/C=C1/CCC(c2ccccc2)OC1=O. The molecular weight excluding hydrogens is 188 g/mol. The Labute approximate surface area is 89.6 Å². The summed E-state index contributed by atoms with van der Waals surface area (Å²) in [6.45, 7) is 1.87. The number of ether oxygens (including phenoxy) is 1. The van der Waals surface area contributed by atoms with Crippen molar-refractivity contribution >= 4 is 5.97 Å². The molecule has 0 aromatic heterocycles. The fraction of sp³-hybridized carbons (Fsp3) is 0.308. The maximum Gasteiger partial charge on any atom is 0.334 e. The van der Waals surface area contributed by atoms with E-state index in [0.717, 1.165) is 24.0 Å². The van der Waals surface area contributed by atoms with Crippen molar-refractivity contribution in [3.63, 3.8) is 0 Å². The first-order valence-electron chi connectivity index (χ1n) is 5.22. The molecule has 2 heteroatoms. The van der Waals surface area contributed by atoms with Gasteiger partial charge in [-0.3, -0.25) is 0 Å². The van der Waals surface area contributed by atoms with Crippen molar-refractivity contribution in [2.45, 2.75) is 25.9 Å². The van der Waals surface area contributed by atoms with Crippen LogP contribution in [-0.2, 0) is 9.53 Å². The van der Waals surface area contributed by atoms with Crippen molar-refractivity contribution in [1.82, 2.24) is 0 Å². The average Bonchev–Trinajstić information content (AvgIpc) is 2.30. The van der Waals surface area contributed by atoms with E-state index in [1.807, 2.05) is 43.3 Å². The maximum absolute atomic E-state index is 11.5. The zero-order valence-corrected chi connectivity index (χ0v) is 8.77. The van der Waals surface area contributed by atoms with Crippen molar-refractivity contribution < 1.29 is 9.53 Å². The van der Waals surface area contributed by atoms with Gasteiger partial charge in [-0.15, -0.1) is 0 Å². The lowest BCUT2D eigenvalue weighted by Gasteiger charge is -2.24. The van der Waals surface area contributed by atoms with Gasteiger partial charge in [0.2, 0.25) is 0 Å². The highest BCUT2D eigenvalue weighted by molar-refractivity contribution is 5.89. The molecule has 1 atom stereocenters. The number of carbonyl (C=O) groups is 1. The standard InChI is InChI=1S/C13H14O2/c1-2-10-8-9-12(15-13(10)14)11-6-4-3-5-7-11/h2-7,12H,8-9H2,1H3/b10-2-. The lowest BCUT2D eigenvalue weighted by molar-refractivity contribution is -0.148. The summed E-state index contributed by atoms with van der Waals surface area (Å²) in [5.74, 6) is -0.169. The van der Waals surface area contributed by atoms with Crippen LogP contribution in [0.4, 0.5) is 0 Å². The van der Waals surface area contributed by atoms with Crippen LogP contribution in [0.2, 0.25) is 0 Å². The Morgan fingerprint density at radius 1 is 1.33 bits per heavy atom. The Bertz CT molecular complexity index is 379. The highest BCUT2D eigenvalue weighted by Gasteiger charge is 2.25. The molecule has 1 aliphatic heterocycles. The first kappa shape index (κ1) is 9.97. The maximum atomic E-state index is 11.5. The van der Waals surface area contributed by atoms with Gasteiger partial charge in [-0.25, -0.2) is 4.79 Å². The summed E-state index contributed by atoms with van der Waals surface area (Å²) in [7, 11) is 0. The third kappa shape index (κ3) is 2.09. The van der Waals surface area contributed by atoms with Gasteiger partial charge in [-0.1, -0.05) is 36.4 Å². The molecule has 15 heavy (non-hydrogen) atoms. The summed E-state index contributed by atoms with van der Waals surface area (Å²) >= 11 is 0. The Morgan fingerprint density at radius 3 is 2.67 bits per heavy atom. The van der Waals surface area contributed by atoms with Crippen LogP contribution in [0.15, 0.2) is 42.0 Å². The number of benzene rings is 1. The smallest absolute Gasteiger partial charge is 0.334 e. The molecule has 0 N–H and O–H groups in total. The largest absolute Gasteiger partial charge is 0.454 e. The second kappa shape index (κ2) is 4.30. The number of carbonyl (C=O) groups excluding carboxylic acids is 1. The third-order valence-corrected chi connectivity index (χ3v) is 2.71. The molecule has 1 aromatic rings. The molecule has 0 spiro atoms. The summed E-state index contributed by atoms with van der Waals surface area (Å²) in [6.07, 6.45) is 3.47. The Balaban J connectivity index is 2.13. The molecule has 0 aliphatic carbocycles. The lowest BCUT2D eigenvalue weighted by atomic mass is 9.98. The van der Waals surface area contributed by atoms with Gasteiger partial charge in [-0.2, -0.15) is 0 Å². The average molecular weight is 202 g/mol. The molecule has 2 rings (SSSR count). The summed E-state index contributed by atoms with van der Waals surface area (Å²) in [6, 6.07) is 9.89. The molecule has 1 saturated heterocycles. The molecule has 0 saturated carbocycles. The van der Waals surface area contributed by atoms with Crippen LogP contribution in [0, 0.1) is 0 Å². The van der Waals surface area contributed by atoms with Crippen molar-refractivity contribution in [2.24, 2.45) is 0 Å². The molecule has 1 heterocycles. The van der Waals surface area contributed by atoms with Gasteiger partial charge in [0.05, 0.1) is 0 Å². The zero-order chi connectivity index (χ0) is 10.7. The van der Waals surface area contributed by atoms with Gasteiger partial charge >= 0.3 is 5.97 Å². The molecule has 2 nitrogen and oxygen atoms in total. The summed E-state index contributed by atoms with van der Waals surface area (Å²) in [5.41, 5.74) is 1.88. The lowest BCUT2D eigenvalue weighted by Crippen LogP contribution is -2.19. The van der Waals surface area contributed by atoms with Crippen LogP contribution >= 0.6 is 0 Å². The minimum atomic E-state index is -0.169. The van der Waals surface area contributed by atoms with E-state index in [2.05, 4.69) is 0 Å². The molecule has 1 fully saturated rings. The topological polar surface area (TPSA) is 26.3 Å². The molecular formula is C13H14O2. The number of hydrogen-bond donors (Lipinski definition) is 0. The minimum absolute atomic E-state index is 0.0672.